The van der Waals surface area contributed by atoms with E-state index in [1.165, 1.54) is 0 Å². The summed E-state index contributed by atoms with van der Waals surface area (Å²) < 4.78 is 11.4. The summed E-state index contributed by atoms with van der Waals surface area (Å²) in [6.45, 7) is 5.08. The van der Waals surface area contributed by atoms with Crippen molar-refractivity contribution in [1.29, 1.82) is 0 Å². The summed E-state index contributed by atoms with van der Waals surface area (Å²) in [5, 5.41) is 2.85. The highest BCUT2D eigenvalue weighted by atomic mass is 79.9. The standard InChI is InChI=1S/C14H20BrNO3/c1-10(2)19-13-6-5-11(15)9-12(13)14(17)16-7-4-8-18-3/h5-6,9-10H,4,7-8H2,1-3H3,(H,16,17). The molecule has 0 unspecified atom stereocenters. The number of hydrogen-bond donors (Lipinski definition) is 1. The van der Waals surface area contributed by atoms with Gasteiger partial charge in [0.2, 0.25) is 0 Å². The number of methoxy groups -OCH3 is 1. The Morgan fingerprint density at radius 2 is 2.16 bits per heavy atom. The van der Waals surface area contributed by atoms with Crippen molar-refractivity contribution in [2.45, 2.75) is 26.4 Å². The first kappa shape index (κ1) is 16.0. The van der Waals surface area contributed by atoms with E-state index in [1.54, 1.807) is 19.2 Å². The van der Waals surface area contributed by atoms with Gasteiger partial charge in [-0.15, -0.1) is 0 Å². The highest BCUT2D eigenvalue weighted by molar-refractivity contribution is 9.10. The largest absolute Gasteiger partial charge is 0.490 e. The van der Waals surface area contributed by atoms with Gasteiger partial charge in [0.05, 0.1) is 11.7 Å². The van der Waals surface area contributed by atoms with E-state index in [2.05, 4.69) is 21.2 Å². The van der Waals surface area contributed by atoms with Crippen LogP contribution in [-0.2, 0) is 4.74 Å². The van der Waals surface area contributed by atoms with E-state index in [9.17, 15) is 4.79 Å². The molecule has 0 fully saturated rings. The molecule has 0 atom stereocenters. The maximum Gasteiger partial charge on any atom is 0.255 e. The van der Waals surface area contributed by atoms with E-state index in [0.29, 0.717) is 24.5 Å². The van der Waals surface area contributed by atoms with Crippen LogP contribution in [0.3, 0.4) is 0 Å². The van der Waals surface area contributed by atoms with Crippen LogP contribution in [0.2, 0.25) is 0 Å². The monoisotopic (exact) mass is 329 g/mol. The molecule has 0 aliphatic heterocycles. The fourth-order valence-electron chi connectivity index (χ4n) is 1.55. The lowest BCUT2D eigenvalue weighted by molar-refractivity contribution is 0.0942. The van der Waals surface area contributed by atoms with Crippen LogP contribution in [0.15, 0.2) is 22.7 Å². The number of ether oxygens (including phenoxy) is 2. The minimum absolute atomic E-state index is 0.0289. The van der Waals surface area contributed by atoms with Crippen LogP contribution < -0.4 is 10.1 Å². The molecule has 0 aliphatic rings. The molecular formula is C14H20BrNO3. The van der Waals surface area contributed by atoms with Crippen molar-refractivity contribution in [3.05, 3.63) is 28.2 Å². The van der Waals surface area contributed by atoms with Crippen LogP contribution in [-0.4, -0.2) is 32.3 Å². The van der Waals surface area contributed by atoms with Gasteiger partial charge < -0.3 is 14.8 Å². The maximum atomic E-state index is 12.1. The van der Waals surface area contributed by atoms with Gasteiger partial charge in [0.1, 0.15) is 5.75 Å². The smallest absolute Gasteiger partial charge is 0.255 e. The summed E-state index contributed by atoms with van der Waals surface area (Å²) in [6.07, 6.45) is 0.817. The predicted octanol–water partition coefficient (Wildman–Crippen LogP) is 3.00. The molecule has 0 spiro atoms. The fraction of sp³-hybridized carbons (Fsp3) is 0.500. The number of benzene rings is 1. The van der Waals surface area contributed by atoms with Crippen LogP contribution in [0.25, 0.3) is 0 Å². The lowest BCUT2D eigenvalue weighted by Gasteiger charge is -2.14. The summed E-state index contributed by atoms with van der Waals surface area (Å²) in [5.41, 5.74) is 0.542. The second kappa shape index (κ2) is 8.17. The fourth-order valence-corrected chi connectivity index (χ4v) is 1.91. The zero-order valence-corrected chi connectivity index (χ0v) is 13.1. The minimum atomic E-state index is -0.131. The Hall–Kier alpha value is -1.07. The van der Waals surface area contributed by atoms with Gasteiger partial charge in [0.25, 0.3) is 5.91 Å². The summed E-state index contributed by atoms with van der Waals surface area (Å²) >= 11 is 3.37. The normalized spacial score (nSPS) is 10.6. The Morgan fingerprint density at radius 1 is 1.42 bits per heavy atom. The summed E-state index contributed by atoms with van der Waals surface area (Å²) in [5.74, 6) is 0.468. The first-order valence-corrected chi connectivity index (χ1v) is 7.07. The Kier molecular flexibility index (Phi) is 6.87. The molecule has 1 N–H and O–H groups in total. The number of amides is 1. The topological polar surface area (TPSA) is 47.6 Å². The lowest BCUT2D eigenvalue weighted by Crippen LogP contribution is -2.26. The third-order valence-corrected chi connectivity index (χ3v) is 2.85. The molecule has 0 saturated carbocycles. The Bertz CT molecular complexity index is 421. The summed E-state index contributed by atoms with van der Waals surface area (Å²) in [4.78, 5) is 12.1. The van der Waals surface area contributed by atoms with Crippen molar-refractivity contribution >= 4 is 21.8 Å². The zero-order valence-electron chi connectivity index (χ0n) is 11.5. The SMILES string of the molecule is COCCCNC(=O)c1cc(Br)ccc1OC(C)C. The number of carbonyl (C=O) groups is 1. The van der Waals surface area contributed by atoms with E-state index < -0.39 is 0 Å². The Labute approximate surface area is 122 Å². The second-order valence-electron chi connectivity index (χ2n) is 4.41. The third kappa shape index (κ3) is 5.61. The van der Waals surface area contributed by atoms with Crippen molar-refractivity contribution in [1.82, 2.24) is 5.32 Å². The second-order valence-corrected chi connectivity index (χ2v) is 5.33. The molecule has 1 rings (SSSR count). The molecule has 4 nitrogen and oxygen atoms in total. The molecule has 1 aromatic carbocycles. The number of hydrogen-bond acceptors (Lipinski definition) is 3. The van der Waals surface area contributed by atoms with Gasteiger partial charge in [-0.1, -0.05) is 15.9 Å². The Morgan fingerprint density at radius 3 is 2.79 bits per heavy atom. The average Bonchev–Trinajstić information content (AvgIpc) is 2.36. The molecule has 0 bridgehead atoms. The van der Waals surface area contributed by atoms with Gasteiger partial charge in [0, 0.05) is 24.7 Å². The first-order chi connectivity index (χ1) is 9.04. The molecule has 1 amide bonds. The summed E-state index contributed by atoms with van der Waals surface area (Å²) in [7, 11) is 1.64. The molecule has 19 heavy (non-hydrogen) atoms. The highest BCUT2D eigenvalue weighted by Gasteiger charge is 2.13. The van der Waals surface area contributed by atoms with Crippen LogP contribution in [0.5, 0.6) is 5.75 Å². The van der Waals surface area contributed by atoms with E-state index >= 15 is 0 Å². The molecule has 0 heterocycles. The van der Waals surface area contributed by atoms with E-state index in [1.807, 2.05) is 19.9 Å². The quantitative estimate of drug-likeness (QED) is 0.782. The number of nitrogens with one attached hydrogen (secondary N) is 1. The molecule has 1 aromatic rings. The summed E-state index contributed by atoms with van der Waals surface area (Å²) in [6, 6.07) is 5.43. The zero-order chi connectivity index (χ0) is 14.3. The number of rotatable bonds is 7. The Balaban J connectivity index is 2.73. The van der Waals surface area contributed by atoms with Crippen molar-refractivity contribution in [3.8, 4) is 5.75 Å². The van der Waals surface area contributed by atoms with Crippen LogP contribution >= 0.6 is 15.9 Å². The van der Waals surface area contributed by atoms with Crippen molar-refractivity contribution in [3.63, 3.8) is 0 Å². The van der Waals surface area contributed by atoms with Gasteiger partial charge in [-0.05, 0) is 38.5 Å². The van der Waals surface area contributed by atoms with Crippen molar-refractivity contribution in [2.24, 2.45) is 0 Å². The molecule has 0 saturated heterocycles. The van der Waals surface area contributed by atoms with Crippen molar-refractivity contribution in [2.75, 3.05) is 20.3 Å². The molecule has 0 aliphatic carbocycles. The molecule has 0 radical (unpaired) electrons. The van der Waals surface area contributed by atoms with Gasteiger partial charge in [-0.2, -0.15) is 0 Å². The third-order valence-electron chi connectivity index (χ3n) is 2.36. The highest BCUT2D eigenvalue weighted by Crippen LogP contribution is 2.24. The lowest BCUT2D eigenvalue weighted by atomic mass is 10.2. The predicted molar refractivity (Wildman–Crippen MR) is 78.7 cm³/mol. The number of carbonyl (C=O) groups excluding carboxylic acids is 1. The molecular weight excluding hydrogens is 310 g/mol. The van der Waals surface area contributed by atoms with E-state index in [0.717, 1.165) is 10.9 Å². The molecule has 106 valence electrons. The van der Waals surface area contributed by atoms with Gasteiger partial charge in [-0.3, -0.25) is 4.79 Å². The van der Waals surface area contributed by atoms with Crippen LogP contribution in [0.1, 0.15) is 30.6 Å². The van der Waals surface area contributed by atoms with E-state index in [4.69, 9.17) is 9.47 Å². The molecule has 0 aromatic heterocycles. The first-order valence-electron chi connectivity index (χ1n) is 6.28. The minimum Gasteiger partial charge on any atom is -0.490 e. The average molecular weight is 330 g/mol. The molecule has 5 heteroatoms. The van der Waals surface area contributed by atoms with Gasteiger partial charge in [-0.25, -0.2) is 0 Å². The van der Waals surface area contributed by atoms with Crippen LogP contribution in [0.4, 0.5) is 0 Å². The van der Waals surface area contributed by atoms with Crippen LogP contribution in [0, 0.1) is 0 Å². The van der Waals surface area contributed by atoms with Gasteiger partial charge >= 0.3 is 0 Å². The maximum absolute atomic E-state index is 12.1. The van der Waals surface area contributed by atoms with Crippen molar-refractivity contribution < 1.29 is 14.3 Å². The van der Waals surface area contributed by atoms with E-state index in [-0.39, 0.29) is 12.0 Å². The van der Waals surface area contributed by atoms with Gasteiger partial charge in [0.15, 0.2) is 0 Å². The number of halogens is 1.